The van der Waals surface area contributed by atoms with Gasteiger partial charge in [-0.05, 0) is 31.2 Å². The van der Waals surface area contributed by atoms with E-state index in [9.17, 15) is 19.2 Å². The van der Waals surface area contributed by atoms with Gasteiger partial charge in [-0.2, -0.15) is 5.10 Å². The summed E-state index contributed by atoms with van der Waals surface area (Å²) in [6.07, 6.45) is -0.721. The second kappa shape index (κ2) is 8.04. The third-order valence-electron chi connectivity index (χ3n) is 3.27. The lowest BCUT2D eigenvalue weighted by atomic mass is 10.2. The molecule has 0 radical (unpaired) electrons. The summed E-state index contributed by atoms with van der Waals surface area (Å²) in [6.45, 7) is 2.83. The number of hydrogen-bond acceptors (Lipinski definition) is 6. The van der Waals surface area contributed by atoms with Gasteiger partial charge in [0.25, 0.3) is 5.91 Å². The summed E-state index contributed by atoms with van der Waals surface area (Å²) in [5.74, 6) is -1.73. The van der Waals surface area contributed by atoms with Gasteiger partial charge in [-0.3, -0.25) is 14.4 Å². The van der Waals surface area contributed by atoms with E-state index in [0.717, 1.165) is 0 Å². The van der Waals surface area contributed by atoms with Gasteiger partial charge >= 0.3 is 5.97 Å². The number of carbonyl (C=O) groups excluding carboxylic acids is 4. The fourth-order valence-electron chi connectivity index (χ4n) is 1.99. The Morgan fingerprint density at radius 1 is 1.12 bits per heavy atom. The van der Waals surface area contributed by atoms with E-state index in [4.69, 9.17) is 4.74 Å². The van der Waals surface area contributed by atoms with Crippen LogP contribution in [0.4, 0.5) is 11.4 Å². The Morgan fingerprint density at radius 3 is 2.24 bits per heavy atom. The number of rotatable bonds is 5. The van der Waals surface area contributed by atoms with Crippen LogP contribution in [0.15, 0.2) is 29.4 Å². The van der Waals surface area contributed by atoms with Crippen molar-refractivity contribution in [3.63, 3.8) is 0 Å². The van der Waals surface area contributed by atoms with E-state index in [-0.39, 0.29) is 30.4 Å². The first-order valence-electron chi connectivity index (χ1n) is 7.60. The number of nitrogens with zero attached hydrogens (tertiary/aromatic N) is 1. The molecule has 0 bridgehead atoms. The summed E-state index contributed by atoms with van der Waals surface area (Å²) in [4.78, 5) is 45.9. The number of hydrogen-bond donors (Lipinski definition) is 3. The Bertz CT molecular complexity index is 727. The molecule has 1 aromatic carbocycles. The number of benzene rings is 1. The van der Waals surface area contributed by atoms with E-state index >= 15 is 0 Å². The topological polar surface area (TPSA) is 126 Å². The Balaban J connectivity index is 1.88. The molecule has 2 rings (SSSR count). The van der Waals surface area contributed by atoms with Crippen molar-refractivity contribution < 1.29 is 23.9 Å². The molecule has 0 aliphatic carbocycles. The van der Waals surface area contributed by atoms with E-state index in [2.05, 4.69) is 21.2 Å². The molecule has 1 heterocycles. The zero-order valence-electron chi connectivity index (χ0n) is 13.8. The van der Waals surface area contributed by atoms with Crippen molar-refractivity contribution in [2.24, 2.45) is 5.10 Å². The van der Waals surface area contributed by atoms with Crippen LogP contribution in [-0.4, -0.2) is 35.5 Å². The minimum Gasteiger partial charge on any atom is -0.448 e. The molecule has 1 aliphatic rings. The van der Waals surface area contributed by atoms with Gasteiger partial charge in [0.15, 0.2) is 6.10 Å². The number of nitrogens with one attached hydrogen (secondary N) is 3. The van der Waals surface area contributed by atoms with Gasteiger partial charge in [0.1, 0.15) is 5.71 Å². The van der Waals surface area contributed by atoms with Gasteiger partial charge < -0.3 is 15.4 Å². The Hall–Kier alpha value is -3.23. The highest BCUT2D eigenvalue weighted by atomic mass is 16.5. The zero-order chi connectivity index (χ0) is 18.4. The molecule has 1 aromatic rings. The van der Waals surface area contributed by atoms with Gasteiger partial charge in [0.05, 0.1) is 0 Å². The lowest BCUT2D eigenvalue weighted by Crippen LogP contribution is -2.35. The predicted molar refractivity (Wildman–Crippen MR) is 89.7 cm³/mol. The van der Waals surface area contributed by atoms with Crippen LogP contribution in [0.25, 0.3) is 0 Å². The minimum atomic E-state index is -1.04. The fraction of sp³-hybridized carbons (Fsp3) is 0.312. The highest BCUT2D eigenvalue weighted by molar-refractivity contribution is 6.37. The maximum Gasteiger partial charge on any atom is 0.355 e. The van der Waals surface area contributed by atoms with Gasteiger partial charge in [0.2, 0.25) is 11.8 Å². The molecule has 25 heavy (non-hydrogen) atoms. The molecule has 0 fully saturated rings. The highest BCUT2D eigenvalue weighted by Gasteiger charge is 2.24. The normalized spacial score (nSPS) is 14.6. The third kappa shape index (κ3) is 5.41. The summed E-state index contributed by atoms with van der Waals surface area (Å²) in [7, 11) is 0. The largest absolute Gasteiger partial charge is 0.448 e. The van der Waals surface area contributed by atoms with Crippen LogP contribution in [0.5, 0.6) is 0 Å². The molecule has 0 unspecified atom stereocenters. The Morgan fingerprint density at radius 2 is 1.72 bits per heavy atom. The molecule has 9 nitrogen and oxygen atoms in total. The van der Waals surface area contributed by atoms with Gasteiger partial charge in [-0.1, -0.05) is 0 Å². The number of amides is 3. The average Bonchev–Trinajstić information content (AvgIpc) is 2.56. The highest BCUT2D eigenvalue weighted by Crippen LogP contribution is 2.14. The van der Waals surface area contributed by atoms with E-state index < -0.39 is 18.0 Å². The van der Waals surface area contributed by atoms with Crippen molar-refractivity contribution in [1.29, 1.82) is 0 Å². The maximum atomic E-state index is 12.1. The van der Waals surface area contributed by atoms with Crippen molar-refractivity contribution in [1.82, 2.24) is 5.43 Å². The molecule has 3 amide bonds. The first-order valence-corrected chi connectivity index (χ1v) is 7.60. The van der Waals surface area contributed by atoms with Crippen molar-refractivity contribution in [3.8, 4) is 0 Å². The standard InChI is InChI=1S/C16H18N4O5/c1-9(25-16(24)13-7-8-14(22)20-19-13)15(23)18-12-5-3-11(4-6-12)17-10(2)21/h3-6,9H,7-8H2,1-2H3,(H,17,21)(H,18,23)(H,20,22)/t9-/m0/s1. The van der Waals surface area contributed by atoms with Crippen molar-refractivity contribution in [2.45, 2.75) is 32.8 Å². The molecule has 1 atom stereocenters. The van der Waals surface area contributed by atoms with Crippen LogP contribution >= 0.6 is 0 Å². The molecule has 0 spiro atoms. The summed E-state index contributed by atoms with van der Waals surface area (Å²) in [5, 5.41) is 8.83. The molecule has 9 heteroatoms. The van der Waals surface area contributed by atoms with Crippen LogP contribution < -0.4 is 16.1 Å². The first kappa shape index (κ1) is 18.1. The maximum absolute atomic E-state index is 12.1. The van der Waals surface area contributed by atoms with Crippen molar-refractivity contribution >= 4 is 40.8 Å². The molecule has 0 saturated carbocycles. The van der Waals surface area contributed by atoms with Crippen molar-refractivity contribution in [2.75, 3.05) is 10.6 Å². The number of esters is 1. The number of ether oxygens (including phenoxy) is 1. The number of carbonyl (C=O) groups is 4. The lowest BCUT2D eigenvalue weighted by molar-refractivity contribution is -0.146. The monoisotopic (exact) mass is 346 g/mol. The summed E-state index contributed by atoms with van der Waals surface area (Å²) >= 11 is 0. The van der Waals surface area contributed by atoms with E-state index in [1.54, 1.807) is 24.3 Å². The molecular formula is C16H18N4O5. The Labute approximate surface area is 143 Å². The molecular weight excluding hydrogens is 328 g/mol. The van der Waals surface area contributed by atoms with Crippen LogP contribution in [0.2, 0.25) is 0 Å². The van der Waals surface area contributed by atoms with Crippen LogP contribution in [0, 0.1) is 0 Å². The van der Waals surface area contributed by atoms with Crippen LogP contribution in [-0.2, 0) is 23.9 Å². The first-order chi connectivity index (χ1) is 11.8. The van der Waals surface area contributed by atoms with E-state index in [1.165, 1.54) is 13.8 Å². The second-order valence-electron chi connectivity index (χ2n) is 5.39. The lowest BCUT2D eigenvalue weighted by Gasteiger charge is -2.16. The van der Waals surface area contributed by atoms with Crippen molar-refractivity contribution in [3.05, 3.63) is 24.3 Å². The van der Waals surface area contributed by atoms with Crippen LogP contribution in [0.3, 0.4) is 0 Å². The average molecular weight is 346 g/mol. The summed E-state index contributed by atoms with van der Waals surface area (Å²) in [6, 6.07) is 6.48. The summed E-state index contributed by atoms with van der Waals surface area (Å²) in [5.41, 5.74) is 3.35. The Kier molecular flexibility index (Phi) is 5.83. The van der Waals surface area contributed by atoms with Crippen LogP contribution in [0.1, 0.15) is 26.7 Å². The van der Waals surface area contributed by atoms with E-state index in [0.29, 0.717) is 11.4 Å². The molecule has 0 aromatic heterocycles. The predicted octanol–water partition coefficient (Wildman–Crippen LogP) is 0.781. The number of hydrazone groups is 1. The van der Waals surface area contributed by atoms with Gasteiger partial charge in [-0.25, -0.2) is 10.2 Å². The quantitative estimate of drug-likeness (QED) is 0.679. The molecule has 132 valence electrons. The smallest absolute Gasteiger partial charge is 0.355 e. The fourth-order valence-corrected chi connectivity index (χ4v) is 1.99. The minimum absolute atomic E-state index is 0.0684. The zero-order valence-corrected chi connectivity index (χ0v) is 13.8. The second-order valence-corrected chi connectivity index (χ2v) is 5.39. The third-order valence-corrected chi connectivity index (χ3v) is 3.27. The summed E-state index contributed by atoms with van der Waals surface area (Å²) < 4.78 is 5.05. The molecule has 1 aliphatic heterocycles. The van der Waals surface area contributed by atoms with Gasteiger partial charge in [0, 0.05) is 31.1 Å². The molecule has 0 saturated heterocycles. The molecule has 3 N–H and O–H groups in total. The SMILES string of the molecule is CC(=O)Nc1ccc(NC(=O)[C@H](C)OC(=O)C2=NNC(=O)CC2)cc1. The van der Waals surface area contributed by atoms with E-state index in [1.807, 2.05) is 0 Å². The number of anilines is 2. The van der Waals surface area contributed by atoms with Gasteiger partial charge in [-0.15, -0.1) is 0 Å².